The van der Waals surface area contributed by atoms with Crippen LogP contribution in [0.15, 0.2) is 41.8 Å². The van der Waals surface area contributed by atoms with Crippen LogP contribution in [0.2, 0.25) is 0 Å². The van der Waals surface area contributed by atoms with Crippen LogP contribution in [-0.2, 0) is 6.42 Å². The van der Waals surface area contributed by atoms with Crippen molar-refractivity contribution in [3.05, 3.63) is 69.4 Å². The first-order valence-corrected chi connectivity index (χ1v) is 7.51. The van der Waals surface area contributed by atoms with Crippen LogP contribution in [0.1, 0.15) is 26.6 Å². The van der Waals surface area contributed by atoms with Crippen LogP contribution in [0.5, 0.6) is 0 Å². The Hall–Kier alpha value is -2.87. The zero-order chi connectivity index (χ0) is 16.2. The minimum Gasteiger partial charge on any atom is -0.507 e. The molecule has 23 heavy (non-hydrogen) atoms. The number of H-pyrrole nitrogens is 1. The number of hydrogen-bond donors (Lipinski definition) is 2. The Morgan fingerprint density at radius 1 is 1.35 bits per heavy atom. The summed E-state index contributed by atoms with van der Waals surface area (Å²) in [4.78, 5) is 12.6. The van der Waals surface area contributed by atoms with E-state index in [1.807, 2.05) is 0 Å². The van der Waals surface area contributed by atoms with Crippen molar-refractivity contribution >= 4 is 22.9 Å². The van der Waals surface area contributed by atoms with Crippen molar-refractivity contribution in [1.29, 1.82) is 0 Å². The number of carbonyl (C=O) groups is 1. The first-order valence-electron chi connectivity index (χ1n) is 6.63. The van der Waals surface area contributed by atoms with Gasteiger partial charge in [0.2, 0.25) is 11.6 Å². The van der Waals surface area contributed by atoms with E-state index in [1.165, 1.54) is 17.4 Å². The quantitative estimate of drug-likeness (QED) is 0.426. The molecule has 116 valence electrons. The summed E-state index contributed by atoms with van der Waals surface area (Å²) in [6.45, 7) is 0. The molecule has 2 N–H and O–H groups in total. The fourth-order valence-corrected chi connectivity index (χ4v) is 2.96. The van der Waals surface area contributed by atoms with Gasteiger partial charge in [0.15, 0.2) is 0 Å². The number of aromatic nitrogens is 4. The molecule has 0 spiro atoms. The van der Waals surface area contributed by atoms with Gasteiger partial charge < -0.3 is 5.11 Å². The second-order valence-corrected chi connectivity index (χ2v) is 5.66. The zero-order valence-electron chi connectivity index (χ0n) is 11.7. The number of thiophene rings is 1. The molecule has 0 bridgehead atoms. The van der Waals surface area contributed by atoms with Gasteiger partial charge in [-0.05, 0) is 28.3 Å². The Labute approximate surface area is 134 Å². The van der Waals surface area contributed by atoms with E-state index < -0.39 is 5.78 Å². The SMILES string of the molecule is O=C(C=C(O)c1ccsc1Cc1ccccc1F)c1nn[nH]n1. The number of nitrogens with one attached hydrogen (secondary N) is 1. The monoisotopic (exact) mass is 330 g/mol. The van der Waals surface area contributed by atoms with Crippen molar-refractivity contribution in [2.24, 2.45) is 0 Å². The Kier molecular flexibility index (Phi) is 4.24. The van der Waals surface area contributed by atoms with Crippen LogP contribution in [-0.4, -0.2) is 31.5 Å². The van der Waals surface area contributed by atoms with Crippen molar-refractivity contribution in [2.45, 2.75) is 6.42 Å². The van der Waals surface area contributed by atoms with Crippen molar-refractivity contribution in [3.8, 4) is 0 Å². The lowest BCUT2D eigenvalue weighted by Crippen LogP contribution is -2.00. The highest BCUT2D eigenvalue weighted by Crippen LogP contribution is 2.26. The third kappa shape index (κ3) is 3.32. The third-order valence-corrected chi connectivity index (χ3v) is 4.08. The molecule has 0 atom stereocenters. The first kappa shape index (κ1) is 15.0. The Bertz CT molecular complexity index is 858. The highest BCUT2D eigenvalue weighted by molar-refractivity contribution is 7.10. The number of ketones is 1. The van der Waals surface area contributed by atoms with Gasteiger partial charge in [-0.15, -0.1) is 21.5 Å². The second kappa shape index (κ2) is 6.49. The van der Waals surface area contributed by atoms with E-state index in [-0.39, 0.29) is 17.4 Å². The normalized spacial score (nSPS) is 11.6. The van der Waals surface area contributed by atoms with E-state index >= 15 is 0 Å². The minimum atomic E-state index is -0.570. The maximum atomic E-state index is 13.8. The lowest BCUT2D eigenvalue weighted by molar-refractivity contribution is 0.103. The van der Waals surface area contributed by atoms with E-state index in [2.05, 4.69) is 20.6 Å². The molecule has 2 aromatic heterocycles. The highest BCUT2D eigenvalue weighted by atomic mass is 32.1. The molecule has 0 aliphatic carbocycles. The number of aliphatic hydroxyl groups excluding tert-OH is 1. The summed E-state index contributed by atoms with van der Waals surface area (Å²) in [6, 6.07) is 8.12. The standard InChI is InChI=1S/C15H11FN4O2S/c16-11-4-2-1-3-9(11)7-14-10(5-6-23-14)12(21)8-13(22)15-17-19-20-18-15/h1-6,8,21H,7H2,(H,17,18,19,20). The number of rotatable bonds is 5. The largest absolute Gasteiger partial charge is 0.507 e. The van der Waals surface area contributed by atoms with E-state index in [0.29, 0.717) is 17.5 Å². The van der Waals surface area contributed by atoms with Crippen LogP contribution in [0.4, 0.5) is 4.39 Å². The summed E-state index contributed by atoms with van der Waals surface area (Å²) in [5.41, 5.74) is 1.00. The number of halogens is 1. The molecule has 0 aliphatic rings. The molecule has 2 heterocycles. The summed E-state index contributed by atoms with van der Waals surface area (Å²) in [5, 5.41) is 24.5. The van der Waals surface area contributed by atoms with Crippen LogP contribution in [0, 0.1) is 5.82 Å². The van der Waals surface area contributed by atoms with Gasteiger partial charge in [0, 0.05) is 22.9 Å². The molecule has 0 fully saturated rings. The molecule has 0 saturated carbocycles. The second-order valence-electron chi connectivity index (χ2n) is 4.65. The number of aliphatic hydroxyl groups is 1. The number of benzene rings is 1. The number of nitrogens with zero attached hydrogens (tertiary/aromatic N) is 3. The molecule has 0 radical (unpaired) electrons. The molecule has 3 aromatic rings. The Balaban J connectivity index is 1.86. The van der Waals surface area contributed by atoms with Crippen molar-refractivity contribution in [2.75, 3.05) is 0 Å². The van der Waals surface area contributed by atoms with E-state index in [9.17, 15) is 14.3 Å². The number of hydrogen-bond acceptors (Lipinski definition) is 6. The van der Waals surface area contributed by atoms with Crippen LogP contribution < -0.4 is 0 Å². The van der Waals surface area contributed by atoms with Gasteiger partial charge in [-0.1, -0.05) is 18.2 Å². The van der Waals surface area contributed by atoms with Crippen molar-refractivity contribution in [1.82, 2.24) is 20.6 Å². The van der Waals surface area contributed by atoms with E-state index in [4.69, 9.17) is 0 Å². The maximum Gasteiger partial charge on any atom is 0.244 e. The molecule has 0 unspecified atom stereocenters. The van der Waals surface area contributed by atoms with Gasteiger partial charge >= 0.3 is 0 Å². The maximum absolute atomic E-state index is 13.8. The Morgan fingerprint density at radius 2 is 2.17 bits per heavy atom. The summed E-state index contributed by atoms with van der Waals surface area (Å²) in [7, 11) is 0. The summed E-state index contributed by atoms with van der Waals surface area (Å²) < 4.78 is 13.8. The topological polar surface area (TPSA) is 91.8 Å². The number of carbonyl (C=O) groups excluding carboxylic acids is 1. The average Bonchev–Trinajstić information content (AvgIpc) is 3.20. The highest BCUT2D eigenvalue weighted by Gasteiger charge is 2.15. The summed E-state index contributed by atoms with van der Waals surface area (Å²) in [5.74, 6) is -1.23. The first-order chi connectivity index (χ1) is 11.1. The predicted molar refractivity (Wildman–Crippen MR) is 82.6 cm³/mol. The predicted octanol–water partition coefficient (Wildman–Crippen LogP) is 2.77. The average molecular weight is 330 g/mol. The van der Waals surface area contributed by atoms with Crippen LogP contribution in [0.25, 0.3) is 5.76 Å². The number of aromatic amines is 1. The lowest BCUT2D eigenvalue weighted by Gasteiger charge is -2.04. The van der Waals surface area contributed by atoms with E-state index in [1.54, 1.807) is 29.6 Å². The van der Waals surface area contributed by atoms with Gasteiger partial charge in [0.05, 0.1) is 0 Å². The number of tetrazole rings is 1. The van der Waals surface area contributed by atoms with Gasteiger partial charge in [-0.3, -0.25) is 4.79 Å². The van der Waals surface area contributed by atoms with Crippen molar-refractivity contribution in [3.63, 3.8) is 0 Å². The molecule has 0 amide bonds. The summed E-state index contributed by atoms with van der Waals surface area (Å²) >= 11 is 1.38. The molecular formula is C15H11FN4O2S. The summed E-state index contributed by atoms with van der Waals surface area (Å²) in [6.07, 6.45) is 1.35. The molecule has 8 heteroatoms. The fraction of sp³-hybridized carbons (Fsp3) is 0.0667. The minimum absolute atomic E-state index is 0.137. The molecule has 6 nitrogen and oxygen atoms in total. The zero-order valence-corrected chi connectivity index (χ0v) is 12.5. The lowest BCUT2D eigenvalue weighted by atomic mass is 10.1. The van der Waals surface area contributed by atoms with Gasteiger partial charge in [0.1, 0.15) is 11.6 Å². The molecule has 0 aliphatic heterocycles. The molecule has 3 rings (SSSR count). The smallest absolute Gasteiger partial charge is 0.244 e. The number of allylic oxidation sites excluding steroid dienone is 1. The van der Waals surface area contributed by atoms with Crippen LogP contribution >= 0.6 is 11.3 Å². The fourth-order valence-electron chi connectivity index (χ4n) is 2.05. The third-order valence-electron chi connectivity index (χ3n) is 3.16. The van der Waals surface area contributed by atoms with Crippen LogP contribution in [0.3, 0.4) is 0 Å². The van der Waals surface area contributed by atoms with E-state index in [0.717, 1.165) is 11.0 Å². The van der Waals surface area contributed by atoms with Crippen molar-refractivity contribution < 1.29 is 14.3 Å². The van der Waals surface area contributed by atoms with Gasteiger partial charge in [-0.2, -0.15) is 5.21 Å². The molecular weight excluding hydrogens is 319 g/mol. The van der Waals surface area contributed by atoms with Gasteiger partial charge in [0.25, 0.3) is 0 Å². The molecule has 0 saturated heterocycles. The van der Waals surface area contributed by atoms with Gasteiger partial charge in [-0.25, -0.2) is 4.39 Å². The Morgan fingerprint density at radius 3 is 2.91 bits per heavy atom. The molecule has 1 aromatic carbocycles.